The Labute approximate surface area is 92.7 Å². The molecule has 1 rings (SSSR count). The van der Waals surface area contributed by atoms with Gasteiger partial charge in [0.25, 0.3) is 0 Å². The summed E-state index contributed by atoms with van der Waals surface area (Å²) in [6, 6.07) is 6.29. The Bertz CT molecular complexity index is 230. The molecule has 75 valence electrons. The van der Waals surface area contributed by atoms with Crippen molar-refractivity contribution in [1.29, 1.82) is 0 Å². The summed E-state index contributed by atoms with van der Waals surface area (Å²) in [5.74, 6) is 0. The van der Waals surface area contributed by atoms with Crippen LogP contribution >= 0.6 is 10.1 Å². The number of halogens is 1. The average Bonchev–Trinajstić information content (AvgIpc) is 2.15. The van der Waals surface area contributed by atoms with Crippen molar-refractivity contribution in [2.24, 2.45) is 0 Å². The second kappa shape index (κ2) is 7.24. The second-order valence-electron chi connectivity index (χ2n) is 2.70. The van der Waals surface area contributed by atoms with E-state index in [1.54, 1.807) is 0 Å². The summed E-state index contributed by atoms with van der Waals surface area (Å²) in [5.41, 5.74) is 3.82. The molecular formula is C10H14ClCoN. The van der Waals surface area contributed by atoms with Crippen LogP contribution in [0.3, 0.4) is 0 Å². The first-order valence-corrected chi connectivity index (χ1v) is 5.42. The van der Waals surface area contributed by atoms with Gasteiger partial charge in [0, 0.05) is 5.69 Å². The molecule has 3 heteroatoms. The zero-order chi connectivity index (χ0) is 10.3. The van der Waals surface area contributed by atoms with Crippen LogP contribution in [0.5, 0.6) is 0 Å². The normalized spacial score (nSPS) is 8.69. The number of hydrogen-bond donors (Lipinski definition) is 1. The summed E-state index contributed by atoms with van der Waals surface area (Å²) in [6.07, 6.45) is 0. The van der Waals surface area contributed by atoms with Crippen molar-refractivity contribution in [2.75, 3.05) is 5.32 Å². The molecule has 1 nitrogen and oxygen atoms in total. The Morgan fingerprint density at radius 1 is 1.23 bits per heavy atom. The molecule has 1 aromatic carbocycles. The first kappa shape index (κ1) is 12.8. The number of nitrogens with one attached hydrogen (secondary N) is 1. The van der Waals surface area contributed by atoms with Gasteiger partial charge < -0.3 is 5.32 Å². The summed E-state index contributed by atoms with van der Waals surface area (Å²) in [6.45, 7) is 8.17. The fourth-order valence-electron chi connectivity index (χ4n) is 1.19. The van der Waals surface area contributed by atoms with Crippen molar-refractivity contribution < 1.29 is 14.8 Å². The molecule has 1 aromatic rings. The Kier molecular flexibility index (Phi) is 7.14. The first-order valence-electron chi connectivity index (χ1n) is 3.99. The molecule has 0 atom stereocenters. The van der Waals surface area contributed by atoms with E-state index in [2.05, 4.69) is 62.3 Å². The van der Waals surface area contributed by atoms with E-state index < -0.39 is 0 Å². The molecule has 0 aliphatic heterocycles. The second-order valence-corrected chi connectivity index (χ2v) is 2.70. The fourth-order valence-corrected chi connectivity index (χ4v) is 1.19. The Morgan fingerprint density at radius 2 is 1.69 bits per heavy atom. The molecule has 13 heavy (non-hydrogen) atoms. The van der Waals surface area contributed by atoms with Crippen LogP contribution in [0.2, 0.25) is 0 Å². The van der Waals surface area contributed by atoms with Gasteiger partial charge in [-0.2, -0.15) is 6.92 Å². The standard InChI is InChI=1S/C10H14N.ClH.Co/c1-4-11-10-8(2)6-5-7-9(10)3;;/h4-7,11H,1-3H3;1H;/q-1;;+2/p-1. The number of benzene rings is 1. The number of aryl methyl sites for hydroxylation is 2. The van der Waals surface area contributed by atoms with Gasteiger partial charge in [0.2, 0.25) is 0 Å². The molecule has 0 heterocycles. The van der Waals surface area contributed by atoms with Gasteiger partial charge in [-0.25, -0.2) is 6.54 Å². The molecule has 0 unspecified atom stereocenters. The third-order valence-electron chi connectivity index (χ3n) is 1.77. The maximum atomic E-state index is 4.33. The molecule has 0 saturated carbocycles. The molecule has 0 saturated heterocycles. The quantitative estimate of drug-likeness (QED) is 0.782. The van der Waals surface area contributed by atoms with Crippen LogP contribution in [-0.2, 0) is 14.8 Å². The molecule has 0 radical (unpaired) electrons. The van der Waals surface area contributed by atoms with Gasteiger partial charge in [0.15, 0.2) is 0 Å². The number of hydrogen-bond acceptors (Lipinski definition) is 1. The maximum absolute atomic E-state index is 4.33. The van der Waals surface area contributed by atoms with Crippen LogP contribution < -0.4 is 5.32 Å². The zero-order valence-corrected chi connectivity index (χ0v) is 9.82. The van der Waals surface area contributed by atoms with Crippen molar-refractivity contribution in [1.82, 2.24) is 0 Å². The van der Waals surface area contributed by atoms with Crippen LogP contribution in [0.4, 0.5) is 5.69 Å². The van der Waals surface area contributed by atoms with E-state index in [1.807, 2.05) is 13.5 Å². The van der Waals surface area contributed by atoms with Crippen molar-refractivity contribution in [2.45, 2.75) is 20.8 Å². The van der Waals surface area contributed by atoms with Gasteiger partial charge in [0.1, 0.15) is 0 Å². The number of anilines is 1. The van der Waals surface area contributed by atoms with Crippen molar-refractivity contribution in [3.8, 4) is 0 Å². The molecule has 0 amide bonds. The SMILES string of the molecule is C[CH-]Nc1c(C)cccc1C.[Cl][Co+]. The molecule has 0 bridgehead atoms. The van der Waals surface area contributed by atoms with Crippen molar-refractivity contribution in [3.05, 3.63) is 35.9 Å². The van der Waals surface area contributed by atoms with Crippen LogP contribution in [0.15, 0.2) is 18.2 Å². The van der Waals surface area contributed by atoms with Crippen LogP contribution in [-0.4, -0.2) is 0 Å². The van der Waals surface area contributed by atoms with Gasteiger partial charge in [-0.3, -0.25) is 0 Å². The molecule has 0 fully saturated rings. The predicted molar refractivity (Wildman–Crippen MR) is 55.4 cm³/mol. The fraction of sp³-hybridized carbons (Fsp3) is 0.300. The first-order chi connectivity index (χ1) is 6.25. The van der Waals surface area contributed by atoms with E-state index in [4.69, 9.17) is 0 Å². The molecule has 0 aliphatic carbocycles. The third kappa shape index (κ3) is 4.03. The van der Waals surface area contributed by atoms with Crippen LogP contribution in [0.25, 0.3) is 0 Å². The number of para-hydroxylation sites is 1. The van der Waals surface area contributed by atoms with Crippen LogP contribution in [0, 0.1) is 20.4 Å². The van der Waals surface area contributed by atoms with Gasteiger partial charge in [-0.05, 0) is 25.0 Å². The van der Waals surface area contributed by atoms with E-state index in [1.165, 1.54) is 16.8 Å². The molecule has 0 spiro atoms. The van der Waals surface area contributed by atoms with Crippen LogP contribution in [0.1, 0.15) is 18.1 Å². The molecule has 1 N–H and O–H groups in total. The summed E-state index contributed by atoms with van der Waals surface area (Å²) < 4.78 is 0. The van der Waals surface area contributed by atoms with Gasteiger partial charge in [-0.15, -0.1) is 0 Å². The minimum absolute atomic E-state index is 1.23. The third-order valence-corrected chi connectivity index (χ3v) is 1.77. The predicted octanol–water partition coefficient (Wildman–Crippen LogP) is 3.58. The monoisotopic (exact) mass is 242 g/mol. The van der Waals surface area contributed by atoms with E-state index >= 15 is 0 Å². The minimum atomic E-state index is 1.23. The van der Waals surface area contributed by atoms with Crippen molar-refractivity contribution >= 4 is 15.8 Å². The average molecular weight is 243 g/mol. The topological polar surface area (TPSA) is 12.0 Å². The molecular weight excluding hydrogens is 229 g/mol. The van der Waals surface area contributed by atoms with E-state index in [9.17, 15) is 0 Å². The van der Waals surface area contributed by atoms with Crippen molar-refractivity contribution in [3.63, 3.8) is 0 Å². The van der Waals surface area contributed by atoms with E-state index in [0.717, 1.165) is 0 Å². The number of rotatable bonds is 2. The molecule has 0 aromatic heterocycles. The van der Waals surface area contributed by atoms with Gasteiger partial charge >= 0.3 is 25.0 Å². The Hall–Kier alpha value is -0.184. The zero-order valence-electron chi connectivity index (χ0n) is 8.02. The molecule has 0 aliphatic rings. The Balaban J connectivity index is 0.000000671. The summed E-state index contributed by atoms with van der Waals surface area (Å²) in [7, 11) is 4.33. The summed E-state index contributed by atoms with van der Waals surface area (Å²) in [4.78, 5) is 0. The van der Waals surface area contributed by atoms with E-state index in [-0.39, 0.29) is 0 Å². The van der Waals surface area contributed by atoms with Gasteiger partial charge in [0.05, 0.1) is 0 Å². The summed E-state index contributed by atoms with van der Waals surface area (Å²) in [5, 5.41) is 3.22. The Morgan fingerprint density at radius 3 is 2.08 bits per heavy atom. The van der Waals surface area contributed by atoms with E-state index in [0.29, 0.717) is 0 Å². The van der Waals surface area contributed by atoms with Gasteiger partial charge in [-0.1, -0.05) is 18.2 Å². The summed E-state index contributed by atoms with van der Waals surface area (Å²) >= 11 is 3.03.